The second kappa shape index (κ2) is 7.06. The summed E-state index contributed by atoms with van der Waals surface area (Å²) >= 11 is 5.89. The highest BCUT2D eigenvalue weighted by Crippen LogP contribution is 2.28. The summed E-state index contributed by atoms with van der Waals surface area (Å²) in [6, 6.07) is 4.09. The van der Waals surface area contributed by atoms with Crippen molar-refractivity contribution in [3.8, 4) is 5.75 Å². The lowest BCUT2D eigenvalue weighted by Gasteiger charge is -2.20. The van der Waals surface area contributed by atoms with Gasteiger partial charge in [-0.1, -0.05) is 11.6 Å². The fraction of sp³-hybridized carbons (Fsp3) is 0.455. The molecule has 6 nitrogen and oxygen atoms in total. The number of nitrogens with zero attached hydrogens (tertiary/aromatic N) is 1. The third-order valence-electron chi connectivity index (χ3n) is 2.46. The zero-order chi connectivity index (χ0) is 14.5. The molecule has 0 saturated heterocycles. The fourth-order valence-corrected chi connectivity index (χ4v) is 3.30. The van der Waals surface area contributed by atoms with Crippen LogP contribution in [-0.4, -0.2) is 56.3 Å². The summed E-state index contributed by atoms with van der Waals surface area (Å²) in [6.07, 6.45) is 0. The van der Waals surface area contributed by atoms with Crippen LogP contribution in [0.15, 0.2) is 23.1 Å². The van der Waals surface area contributed by atoms with Crippen molar-refractivity contribution in [1.29, 1.82) is 0 Å². The van der Waals surface area contributed by atoms with Crippen LogP contribution in [0.1, 0.15) is 0 Å². The van der Waals surface area contributed by atoms with Crippen LogP contribution >= 0.6 is 11.6 Å². The van der Waals surface area contributed by atoms with Crippen LogP contribution in [0.5, 0.6) is 5.75 Å². The van der Waals surface area contributed by atoms with Gasteiger partial charge in [0.1, 0.15) is 5.75 Å². The predicted molar refractivity (Wildman–Crippen MR) is 70.9 cm³/mol. The van der Waals surface area contributed by atoms with E-state index in [1.54, 1.807) is 0 Å². The molecule has 0 unspecified atom stereocenters. The number of hydrogen-bond acceptors (Lipinski definition) is 5. The van der Waals surface area contributed by atoms with Crippen molar-refractivity contribution in [2.24, 2.45) is 0 Å². The maximum absolute atomic E-state index is 12.3. The minimum Gasteiger partial charge on any atom is -0.495 e. The van der Waals surface area contributed by atoms with E-state index in [1.165, 1.54) is 25.3 Å². The van der Waals surface area contributed by atoms with Gasteiger partial charge in [0, 0.05) is 13.1 Å². The Kier molecular flexibility index (Phi) is 6.02. The molecule has 0 aliphatic rings. The van der Waals surface area contributed by atoms with Gasteiger partial charge in [-0.05, 0) is 18.2 Å². The molecule has 0 aromatic heterocycles. The van der Waals surface area contributed by atoms with Gasteiger partial charge in [0.15, 0.2) is 0 Å². The lowest BCUT2D eigenvalue weighted by atomic mass is 10.3. The van der Waals surface area contributed by atoms with Gasteiger partial charge < -0.3 is 14.9 Å². The molecule has 0 saturated carbocycles. The number of sulfonamides is 1. The maximum Gasteiger partial charge on any atom is 0.243 e. The van der Waals surface area contributed by atoms with E-state index in [0.29, 0.717) is 5.75 Å². The monoisotopic (exact) mass is 309 g/mol. The molecule has 19 heavy (non-hydrogen) atoms. The molecular weight excluding hydrogens is 294 g/mol. The summed E-state index contributed by atoms with van der Waals surface area (Å²) in [4.78, 5) is -0.0137. The second-order valence-electron chi connectivity index (χ2n) is 3.65. The summed E-state index contributed by atoms with van der Waals surface area (Å²) in [5.74, 6) is 0.372. The highest BCUT2D eigenvalue weighted by molar-refractivity contribution is 7.89. The van der Waals surface area contributed by atoms with Gasteiger partial charge >= 0.3 is 0 Å². The van der Waals surface area contributed by atoms with Gasteiger partial charge in [-0.25, -0.2) is 8.42 Å². The van der Waals surface area contributed by atoms with E-state index in [2.05, 4.69) is 0 Å². The largest absolute Gasteiger partial charge is 0.495 e. The molecule has 1 aromatic carbocycles. The van der Waals surface area contributed by atoms with Crippen LogP contribution < -0.4 is 4.74 Å². The molecule has 0 bridgehead atoms. The Morgan fingerprint density at radius 1 is 1.26 bits per heavy atom. The SMILES string of the molecule is COc1ccc(S(=O)(=O)N(CCO)CCO)cc1Cl. The Morgan fingerprint density at radius 3 is 2.26 bits per heavy atom. The summed E-state index contributed by atoms with van der Waals surface area (Å²) < 4.78 is 30.5. The number of aliphatic hydroxyl groups is 2. The molecule has 0 spiro atoms. The van der Waals surface area contributed by atoms with Gasteiger partial charge in [0.2, 0.25) is 10.0 Å². The van der Waals surface area contributed by atoms with Crippen LogP contribution in [-0.2, 0) is 10.0 Å². The topological polar surface area (TPSA) is 87.1 Å². The highest BCUT2D eigenvalue weighted by atomic mass is 35.5. The van der Waals surface area contributed by atoms with E-state index in [-0.39, 0.29) is 36.2 Å². The Hall–Kier alpha value is -0.860. The number of benzene rings is 1. The number of halogens is 1. The normalized spacial score (nSPS) is 11.8. The molecule has 8 heteroatoms. The number of hydrogen-bond donors (Lipinski definition) is 2. The molecule has 0 heterocycles. The van der Waals surface area contributed by atoms with Crippen LogP contribution in [0, 0.1) is 0 Å². The summed E-state index contributed by atoms with van der Waals surface area (Å²) in [5, 5.41) is 17.9. The van der Waals surface area contributed by atoms with Crippen molar-refractivity contribution in [1.82, 2.24) is 4.31 Å². The third kappa shape index (κ3) is 3.80. The Balaban J connectivity index is 3.14. The lowest BCUT2D eigenvalue weighted by Crippen LogP contribution is -2.35. The van der Waals surface area contributed by atoms with Crippen LogP contribution in [0.2, 0.25) is 5.02 Å². The first-order valence-corrected chi connectivity index (χ1v) is 7.34. The van der Waals surface area contributed by atoms with Gasteiger partial charge in [0.25, 0.3) is 0 Å². The first-order valence-electron chi connectivity index (χ1n) is 5.52. The number of methoxy groups -OCH3 is 1. The molecular formula is C11H16ClNO5S. The van der Waals surface area contributed by atoms with Crippen LogP contribution in [0.4, 0.5) is 0 Å². The molecule has 1 aromatic rings. The van der Waals surface area contributed by atoms with E-state index in [4.69, 9.17) is 26.6 Å². The van der Waals surface area contributed by atoms with Crippen molar-refractivity contribution in [3.05, 3.63) is 23.2 Å². The van der Waals surface area contributed by atoms with E-state index in [9.17, 15) is 8.42 Å². The average Bonchev–Trinajstić information content (AvgIpc) is 2.38. The Morgan fingerprint density at radius 2 is 1.84 bits per heavy atom. The van der Waals surface area contributed by atoms with E-state index < -0.39 is 10.0 Å². The van der Waals surface area contributed by atoms with Crippen molar-refractivity contribution in [3.63, 3.8) is 0 Å². The lowest BCUT2D eigenvalue weighted by molar-refractivity contribution is 0.217. The van der Waals surface area contributed by atoms with Crippen molar-refractivity contribution in [2.45, 2.75) is 4.90 Å². The standard InChI is InChI=1S/C11H16ClNO5S/c1-18-11-3-2-9(8-10(11)12)19(16,17)13(4-6-14)5-7-15/h2-3,8,14-15H,4-7H2,1H3. The maximum atomic E-state index is 12.3. The minimum absolute atomic E-state index is 0.0137. The average molecular weight is 310 g/mol. The Labute approximate surface area is 117 Å². The zero-order valence-electron chi connectivity index (χ0n) is 10.4. The molecule has 0 radical (unpaired) electrons. The number of aliphatic hydroxyl groups excluding tert-OH is 2. The first-order chi connectivity index (χ1) is 8.97. The van der Waals surface area contributed by atoms with Crippen LogP contribution in [0.25, 0.3) is 0 Å². The van der Waals surface area contributed by atoms with E-state index in [1.807, 2.05) is 0 Å². The van der Waals surface area contributed by atoms with E-state index >= 15 is 0 Å². The summed E-state index contributed by atoms with van der Waals surface area (Å²) in [7, 11) is -2.37. The van der Waals surface area contributed by atoms with Crippen LogP contribution in [0.3, 0.4) is 0 Å². The molecule has 1 rings (SSSR count). The van der Waals surface area contributed by atoms with Crippen molar-refractivity contribution < 1.29 is 23.4 Å². The number of rotatable bonds is 7. The molecule has 0 atom stereocenters. The van der Waals surface area contributed by atoms with Crippen molar-refractivity contribution >= 4 is 21.6 Å². The van der Waals surface area contributed by atoms with Gasteiger partial charge in [-0.3, -0.25) is 0 Å². The van der Waals surface area contributed by atoms with Gasteiger partial charge in [-0.2, -0.15) is 4.31 Å². The fourth-order valence-electron chi connectivity index (χ4n) is 1.53. The molecule has 0 fully saturated rings. The molecule has 0 amide bonds. The summed E-state index contributed by atoms with van der Waals surface area (Å²) in [5.41, 5.74) is 0. The first kappa shape index (κ1) is 16.2. The second-order valence-corrected chi connectivity index (χ2v) is 5.99. The smallest absolute Gasteiger partial charge is 0.243 e. The summed E-state index contributed by atoms with van der Waals surface area (Å²) in [6.45, 7) is -0.842. The number of ether oxygens (including phenoxy) is 1. The zero-order valence-corrected chi connectivity index (χ0v) is 12.0. The van der Waals surface area contributed by atoms with Crippen molar-refractivity contribution in [2.75, 3.05) is 33.4 Å². The Bertz CT molecular complexity index is 514. The van der Waals surface area contributed by atoms with E-state index in [0.717, 1.165) is 4.31 Å². The molecule has 108 valence electrons. The minimum atomic E-state index is -3.80. The molecule has 0 aliphatic carbocycles. The molecule has 0 aliphatic heterocycles. The van der Waals surface area contributed by atoms with Gasteiger partial charge in [0.05, 0.1) is 30.2 Å². The third-order valence-corrected chi connectivity index (χ3v) is 4.65. The molecule has 2 N–H and O–H groups in total. The predicted octanol–water partition coefficient (Wildman–Crippen LogP) is 0.324. The quantitative estimate of drug-likeness (QED) is 0.757. The highest BCUT2D eigenvalue weighted by Gasteiger charge is 2.24. The van der Waals surface area contributed by atoms with Gasteiger partial charge in [-0.15, -0.1) is 0 Å².